The number of rotatable bonds is 5. The van der Waals surface area contributed by atoms with E-state index in [1.165, 1.54) is 32.0 Å². The first kappa shape index (κ1) is 23.1. The van der Waals surface area contributed by atoms with Crippen LogP contribution in [-0.2, 0) is 22.4 Å². The summed E-state index contributed by atoms with van der Waals surface area (Å²) in [6, 6.07) is 27.5. The van der Waals surface area contributed by atoms with Gasteiger partial charge >= 0.3 is 6.75 Å². The number of nitrogens with one attached hydrogen (secondary N) is 1. The second kappa shape index (κ2) is 8.21. The molecule has 0 aromatic heterocycles. The Kier molecular flexibility index (Phi) is 5.57. The maximum absolute atomic E-state index is 11.5. The van der Waals surface area contributed by atoms with Gasteiger partial charge in [0.15, 0.2) is 0 Å². The van der Waals surface area contributed by atoms with Crippen molar-refractivity contribution < 1.29 is 19.2 Å². The molecule has 0 amide bonds. The van der Waals surface area contributed by atoms with E-state index in [4.69, 9.17) is 9.31 Å². The van der Waals surface area contributed by atoms with Gasteiger partial charge in [-0.2, -0.15) is 0 Å². The van der Waals surface area contributed by atoms with Crippen LogP contribution in [0.15, 0.2) is 78.9 Å². The summed E-state index contributed by atoms with van der Waals surface area (Å²) in [5.41, 5.74) is 1.93. The van der Waals surface area contributed by atoms with E-state index in [0.29, 0.717) is 0 Å². The zero-order chi connectivity index (χ0) is 24.1. The Labute approximate surface area is 202 Å². The summed E-state index contributed by atoms with van der Waals surface area (Å²) in [6.07, 6.45) is 0. The van der Waals surface area contributed by atoms with Crippen LogP contribution < -0.4 is 10.4 Å². The number of hydrogen-bond donors (Lipinski definition) is 2. The van der Waals surface area contributed by atoms with Crippen LogP contribution in [-0.4, -0.2) is 30.0 Å². The van der Waals surface area contributed by atoms with Crippen LogP contribution in [0.5, 0.6) is 0 Å². The van der Waals surface area contributed by atoms with Crippen molar-refractivity contribution in [3.8, 4) is 0 Å². The summed E-state index contributed by atoms with van der Waals surface area (Å²) < 4.78 is 12.4. The van der Waals surface area contributed by atoms with Gasteiger partial charge in [-0.1, -0.05) is 72.8 Å². The average Bonchev–Trinajstić information content (AvgIpc) is 2.96. The van der Waals surface area contributed by atoms with Gasteiger partial charge in [-0.3, -0.25) is 0 Å². The lowest BCUT2D eigenvalue weighted by Gasteiger charge is -2.36. The van der Waals surface area contributed by atoms with Crippen molar-refractivity contribution in [2.45, 2.75) is 52.0 Å². The van der Waals surface area contributed by atoms with Crippen molar-refractivity contribution in [1.82, 2.24) is 0 Å². The first-order chi connectivity index (χ1) is 16.1. The second-order valence-corrected chi connectivity index (χ2v) is 10.7. The Morgan fingerprint density at radius 3 is 1.82 bits per heavy atom. The van der Waals surface area contributed by atoms with Gasteiger partial charge in [0.2, 0.25) is 0 Å². The molecule has 2 N–H and O–H groups in total. The van der Waals surface area contributed by atoms with Gasteiger partial charge in [-0.15, -0.1) is 5.46 Å². The van der Waals surface area contributed by atoms with Crippen molar-refractivity contribution >= 4 is 33.8 Å². The van der Waals surface area contributed by atoms with E-state index in [1.54, 1.807) is 0 Å². The Balaban J connectivity index is 1.49. The van der Waals surface area contributed by atoms with Gasteiger partial charge in [0.25, 0.3) is 0 Å². The predicted molar refractivity (Wildman–Crippen MR) is 140 cm³/mol. The fourth-order valence-electron chi connectivity index (χ4n) is 5.27. The monoisotopic (exact) mass is 455 g/mol. The van der Waals surface area contributed by atoms with Crippen molar-refractivity contribution in [3.05, 3.63) is 90.0 Å². The Hall–Kier alpha value is -2.70. The quantitative estimate of drug-likeness (QED) is 0.354. The van der Waals surface area contributed by atoms with E-state index in [9.17, 15) is 5.02 Å². The fraction of sp³-hybridized carbons (Fsp3) is 0.310. The lowest BCUT2D eigenvalue weighted by Crippen LogP contribution is -3.06. The SMILES string of the molecule is C[NH+](Cc1ccccc1[B-]1(O)OC(C)(C)C(C)(C)O1)Cc1c2ccccc2cc2ccccc12. The molecule has 176 valence electrons. The molecule has 1 atom stereocenters. The molecule has 4 nitrogen and oxygen atoms in total. The van der Waals surface area contributed by atoms with Crippen molar-refractivity contribution in [2.24, 2.45) is 0 Å². The summed E-state index contributed by atoms with van der Waals surface area (Å²) >= 11 is 0. The van der Waals surface area contributed by atoms with Crippen molar-refractivity contribution in [3.63, 3.8) is 0 Å². The Morgan fingerprint density at radius 1 is 0.735 bits per heavy atom. The van der Waals surface area contributed by atoms with Crippen LogP contribution in [0.2, 0.25) is 0 Å². The first-order valence-electron chi connectivity index (χ1n) is 12.2. The highest BCUT2D eigenvalue weighted by molar-refractivity contribution is 6.75. The zero-order valence-corrected chi connectivity index (χ0v) is 20.8. The van der Waals surface area contributed by atoms with E-state index in [-0.39, 0.29) is 0 Å². The Bertz CT molecular complexity index is 1290. The molecule has 0 aliphatic carbocycles. The molecule has 5 rings (SSSR count). The van der Waals surface area contributed by atoms with E-state index in [2.05, 4.69) is 67.7 Å². The number of benzene rings is 4. The maximum Gasteiger partial charge on any atom is 0.408 e. The molecule has 0 bridgehead atoms. The minimum absolute atomic E-state index is 0.602. The van der Waals surface area contributed by atoms with Crippen LogP contribution in [0.4, 0.5) is 0 Å². The molecule has 1 saturated heterocycles. The first-order valence-corrected chi connectivity index (χ1v) is 12.2. The van der Waals surface area contributed by atoms with E-state index < -0.39 is 18.0 Å². The minimum Gasteiger partial charge on any atom is -0.555 e. The molecule has 5 heteroatoms. The number of quaternary nitrogens is 1. The fourth-order valence-corrected chi connectivity index (χ4v) is 5.27. The minimum atomic E-state index is -2.56. The lowest BCUT2D eigenvalue weighted by molar-refractivity contribution is -0.907. The highest BCUT2D eigenvalue weighted by Gasteiger charge is 2.52. The van der Waals surface area contributed by atoms with Gasteiger partial charge in [0, 0.05) is 16.8 Å². The smallest absolute Gasteiger partial charge is 0.408 e. The molecule has 1 aliphatic rings. The van der Waals surface area contributed by atoms with Gasteiger partial charge in [0.1, 0.15) is 13.1 Å². The predicted octanol–water partition coefficient (Wildman–Crippen LogP) is 3.95. The van der Waals surface area contributed by atoms with E-state index in [1.807, 2.05) is 45.9 Å². The van der Waals surface area contributed by atoms with Gasteiger partial charge < -0.3 is 19.2 Å². The third-order valence-electron chi connectivity index (χ3n) is 7.66. The van der Waals surface area contributed by atoms with Crippen LogP contribution in [0, 0.1) is 0 Å². The normalized spacial score (nSPS) is 19.5. The highest BCUT2D eigenvalue weighted by atomic mass is 16.8. The van der Waals surface area contributed by atoms with Crippen molar-refractivity contribution in [1.29, 1.82) is 0 Å². The highest BCUT2D eigenvalue weighted by Crippen LogP contribution is 2.40. The van der Waals surface area contributed by atoms with Crippen molar-refractivity contribution in [2.75, 3.05) is 7.05 Å². The van der Waals surface area contributed by atoms with E-state index in [0.717, 1.165) is 24.1 Å². The third-order valence-corrected chi connectivity index (χ3v) is 7.66. The molecular formula is C29H34BNO3. The molecular weight excluding hydrogens is 421 g/mol. The maximum atomic E-state index is 11.5. The topological polar surface area (TPSA) is 43.1 Å². The van der Waals surface area contributed by atoms with Crippen LogP contribution in [0.25, 0.3) is 21.5 Å². The average molecular weight is 455 g/mol. The standard InChI is InChI=1S/C29H33BNO3/c1-28(2)29(3,4)34-30(32,33-28)27-17-11-8-14-23(27)19-31(5)20-26-24-15-9-6-12-21(24)18-22-13-7-10-16-25(22)26/h6-18,32H,19-20H2,1-5H3/q-1/p+1. The summed E-state index contributed by atoms with van der Waals surface area (Å²) in [5.74, 6) is 0. The van der Waals surface area contributed by atoms with Gasteiger partial charge in [-0.25, -0.2) is 0 Å². The molecule has 1 heterocycles. The Morgan fingerprint density at radius 2 is 1.24 bits per heavy atom. The molecule has 0 radical (unpaired) electrons. The van der Waals surface area contributed by atoms with Gasteiger partial charge in [0.05, 0.1) is 7.05 Å². The number of hydrogen-bond acceptors (Lipinski definition) is 3. The summed E-state index contributed by atoms with van der Waals surface area (Å²) in [7, 11) is 2.20. The van der Waals surface area contributed by atoms with Crippen LogP contribution >= 0.6 is 0 Å². The summed E-state index contributed by atoms with van der Waals surface area (Å²) in [6.45, 7) is 6.92. The third kappa shape index (κ3) is 3.93. The molecule has 1 fully saturated rings. The second-order valence-electron chi connectivity index (χ2n) is 10.7. The molecule has 0 spiro atoms. The molecule has 4 aromatic carbocycles. The molecule has 1 unspecified atom stereocenters. The molecule has 0 saturated carbocycles. The molecule has 1 aliphatic heterocycles. The largest absolute Gasteiger partial charge is 0.555 e. The number of fused-ring (bicyclic) bond motifs is 2. The summed E-state index contributed by atoms with van der Waals surface area (Å²) in [4.78, 5) is 1.32. The van der Waals surface area contributed by atoms with Crippen LogP contribution in [0.3, 0.4) is 0 Å². The van der Waals surface area contributed by atoms with Crippen LogP contribution in [0.1, 0.15) is 38.8 Å². The lowest BCUT2D eigenvalue weighted by atomic mass is 9.67. The zero-order valence-electron chi connectivity index (χ0n) is 20.8. The van der Waals surface area contributed by atoms with Gasteiger partial charge in [-0.05, 0) is 60.9 Å². The molecule has 34 heavy (non-hydrogen) atoms. The summed E-state index contributed by atoms with van der Waals surface area (Å²) in [5, 5.41) is 16.6. The molecule has 4 aromatic rings. The van der Waals surface area contributed by atoms with E-state index >= 15 is 0 Å².